The molecular formula is C23H27N3O5. The van der Waals surface area contributed by atoms with Crippen LogP contribution in [0.4, 0.5) is 17.1 Å². The Morgan fingerprint density at radius 3 is 2.29 bits per heavy atom. The molecule has 2 aromatic carbocycles. The molecule has 164 valence electrons. The van der Waals surface area contributed by atoms with Gasteiger partial charge in [-0.15, -0.1) is 0 Å². The number of aromatic hydroxyl groups is 1. The van der Waals surface area contributed by atoms with Crippen molar-refractivity contribution in [2.45, 2.75) is 33.7 Å². The van der Waals surface area contributed by atoms with Crippen molar-refractivity contribution >= 4 is 23.0 Å². The first-order valence-electron chi connectivity index (χ1n) is 10.00. The molecule has 1 heterocycles. The second-order valence-corrected chi connectivity index (χ2v) is 8.19. The van der Waals surface area contributed by atoms with Crippen LogP contribution in [0.25, 0.3) is 0 Å². The monoisotopic (exact) mass is 425 g/mol. The van der Waals surface area contributed by atoms with Gasteiger partial charge in [0.05, 0.1) is 17.3 Å². The number of phenols is 1. The van der Waals surface area contributed by atoms with Crippen LogP contribution in [0.15, 0.2) is 38.3 Å². The summed E-state index contributed by atoms with van der Waals surface area (Å²) in [6.45, 7) is 7.76. The molecule has 0 unspecified atom stereocenters. The Kier molecular flexibility index (Phi) is 5.92. The van der Waals surface area contributed by atoms with Crippen molar-refractivity contribution in [3.63, 3.8) is 0 Å². The first kappa shape index (κ1) is 22.1. The highest BCUT2D eigenvalue weighted by molar-refractivity contribution is 5.99. The van der Waals surface area contributed by atoms with Gasteiger partial charge in [-0.25, -0.2) is 0 Å². The highest BCUT2D eigenvalue weighted by Gasteiger charge is 2.28. The Morgan fingerprint density at radius 2 is 1.74 bits per heavy atom. The molecule has 0 saturated heterocycles. The van der Waals surface area contributed by atoms with E-state index in [4.69, 9.17) is 4.42 Å². The first-order chi connectivity index (χ1) is 14.5. The van der Waals surface area contributed by atoms with E-state index in [0.29, 0.717) is 5.76 Å². The van der Waals surface area contributed by atoms with Gasteiger partial charge in [0, 0.05) is 14.1 Å². The maximum atomic E-state index is 12.3. The minimum absolute atomic E-state index is 0.0420. The summed E-state index contributed by atoms with van der Waals surface area (Å²) in [7, 11) is 3.15. The third kappa shape index (κ3) is 4.05. The molecule has 1 amide bonds. The minimum Gasteiger partial charge on any atom is -0.505 e. The zero-order valence-electron chi connectivity index (χ0n) is 18.5. The summed E-state index contributed by atoms with van der Waals surface area (Å²) in [6, 6.07) is 6.19. The van der Waals surface area contributed by atoms with Crippen LogP contribution in [0.3, 0.4) is 0 Å². The number of amides is 1. The van der Waals surface area contributed by atoms with Gasteiger partial charge in [-0.3, -0.25) is 14.4 Å². The van der Waals surface area contributed by atoms with Crippen LogP contribution in [-0.2, 0) is 0 Å². The molecule has 0 spiro atoms. The molecule has 8 nitrogen and oxygen atoms in total. The Balaban J connectivity index is 1.94. The van der Waals surface area contributed by atoms with E-state index in [-0.39, 0.29) is 46.2 Å². The van der Waals surface area contributed by atoms with E-state index in [9.17, 15) is 19.5 Å². The molecule has 1 aromatic heterocycles. The van der Waals surface area contributed by atoms with Crippen LogP contribution in [-0.4, -0.2) is 30.0 Å². The van der Waals surface area contributed by atoms with Gasteiger partial charge >= 0.3 is 0 Å². The lowest BCUT2D eigenvalue weighted by molar-refractivity contribution is 0.0824. The SMILES string of the molecule is Cc1cc([C@H](Nc2c(Nc3cccc(C(=O)N(C)C)c3O)c(=O)c2=O)C(C)C)oc1C. The van der Waals surface area contributed by atoms with Crippen molar-refractivity contribution < 1.29 is 14.3 Å². The largest absolute Gasteiger partial charge is 0.505 e. The fourth-order valence-corrected chi connectivity index (χ4v) is 3.32. The van der Waals surface area contributed by atoms with Crippen molar-refractivity contribution in [1.82, 2.24) is 4.90 Å². The third-order valence-electron chi connectivity index (χ3n) is 5.30. The number of para-hydroxylation sites is 1. The number of aryl methyl sites for hydroxylation is 2. The highest BCUT2D eigenvalue weighted by Crippen LogP contribution is 2.34. The lowest BCUT2D eigenvalue weighted by Gasteiger charge is -2.24. The van der Waals surface area contributed by atoms with Gasteiger partial charge < -0.3 is 25.1 Å². The molecule has 3 aromatic rings. The Bertz CT molecular complexity index is 1180. The fraction of sp³-hybridized carbons (Fsp3) is 0.348. The number of carbonyl (C=O) groups is 1. The van der Waals surface area contributed by atoms with E-state index in [0.717, 1.165) is 11.3 Å². The summed E-state index contributed by atoms with van der Waals surface area (Å²) in [6.07, 6.45) is 0. The molecule has 0 radical (unpaired) electrons. The smallest absolute Gasteiger partial charge is 0.257 e. The predicted octanol–water partition coefficient (Wildman–Crippen LogP) is 3.45. The van der Waals surface area contributed by atoms with Crippen molar-refractivity contribution in [2.75, 3.05) is 24.7 Å². The number of rotatable bonds is 7. The van der Waals surface area contributed by atoms with E-state index < -0.39 is 10.9 Å². The zero-order valence-corrected chi connectivity index (χ0v) is 18.5. The van der Waals surface area contributed by atoms with Gasteiger partial charge in [-0.1, -0.05) is 19.9 Å². The summed E-state index contributed by atoms with van der Waals surface area (Å²) in [5.74, 6) is 0.853. The second kappa shape index (κ2) is 8.29. The number of anilines is 3. The summed E-state index contributed by atoms with van der Waals surface area (Å²) < 4.78 is 5.82. The average molecular weight is 425 g/mol. The molecule has 0 saturated carbocycles. The van der Waals surface area contributed by atoms with Crippen LogP contribution < -0.4 is 21.5 Å². The number of hydrogen-bond donors (Lipinski definition) is 3. The van der Waals surface area contributed by atoms with Crippen LogP contribution in [0, 0.1) is 19.8 Å². The van der Waals surface area contributed by atoms with Crippen molar-refractivity contribution in [2.24, 2.45) is 5.92 Å². The average Bonchev–Trinajstić information content (AvgIpc) is 3.05. The maximum Gasteiger partial charge on any atom is 0.257 e. The third-order valence-corrected chi connectivity index (χ3v) is 5.30. The number of hydrogen-bond acceptors (Lipinski definition) is 7. The van der Waals surface area contributed by atoms with E-state index >= 15 is 0 Å². The number of benzene rings is 1. The molecule has 3 rings (SSSR count). The Morgan fingerprint density at radius 1 is 1.10 bits per heavy atom. The molecule has 0 aliphatic rings. The van der Waals surface area contributed by atoms with Crippen LogP contribution in [0.5, 0.6) is 5.75 Å². The maximum absolute atomic E-state index is 12.3. The van der Waals surface area contributed by atoms with Crippen LogP contribution >= 0.6 is 0 Å². The number of furan rings is 1. The Hall–Kier alpha value is -3.55. The lowest BCUT2D eigenvalue weighted by Crippen LogP contribution is -2.38. The molecule has 0 fully saturated rings. The number of phenolic OH excluding ortho intramolecular Hbond substituents is 1. The van der Waals surface area contributed by atoms with Gasteiger partial charge in [0.1, 0.15) is 22.9 Å². The van der Waals surface area contributed by atoms with E-state index in [1.165, 1.54) is 17.0 Å². The van der Waals surface area contributed by atoms with Crippen molar-refractivity contribution in [3.05, 3.63) is 67.4 Å². The predicted molar refractivity (Wildman–Crippen MR) is 120 cm³/mol. The van der Waals surface area contributed by atoms with Gasteiger partial charge in [0.25, 0.3) is 16.8 Å². The molecular weight excluding hydrogens is 398 g/mol. The number of nitrogens with zero attached hydrogens (tertiary/aromatic N) is 1. The summed E-state index contributed by atoms with van der Waals surface area (Å²) in [4.78, 5) is 38.2. The minimum atomic E-state index is -0.694. The lowest BCUT2D eigenvalue weighted by atomic mass is 10.00. The zero-order chi connectivity index (χ0) is 23.0. The van der Waals surface area contributed by atoms with Gasteiger partial charge in [0.15, 0.2) is 5.75 Å². The molecule has 8 heteroatoms. The molecule has 3 N–H and O–H groups in total. The number of nitrogens with one attached hydrogen (secondary N) is 2. The standard InChI is InChI=1S/C23H27N3O5/c1-11(2)17(16-10-12(3)13(4)31-16)25-19-18(21(28)22(19)29)24-15-9-7-8-14(20(15)27)23(30)26(5)6/h7-11,17,24-25,27H,1-6H3/t17-/m1/s1. The normalized spacial score (nSPS) is 12.2. The van der Waals surface area contributed by atoms with Gasteiger partial charge in [-0.2, -0.15) is 0 Å². The highest BCUT2D eigenvalue weighted by atomic mass is 16.3. The van der Waals surface area contributed by atoms with E-state index in [1.807, 2.05) is 33.8 Å². The van der Waals surface area contributed by atoms with E-state index in [1.54, 1.807) is 20.2 Å². The molecule has 0 aliphatic carbocycles. The second-order valence-electron chi connectivity index (χ2n) is 8.19. The van der Waals surface area contributed by atoms with Crippen LogP contribution in [0.1, 0.15) is 47.3 Å². The summed E-state index contributed by atoms with van der Waals surface area (Å²) in [5, 5.41) is 16.5. The molecule has 0 bridgehead atoms. The van der Waals surface area contributed by atoms with E-state index in [2.05, 4.69) is 10.6 Å². The van der Waals surface area contributed by atoms with Gasteiger partial charge in [-0.05, 0) is 43.5 Å². The quantitative estimate of drug-likeness (QED) is 0.393. The number of carbonyl (C=O) groups excluding carboxylic acids is 1. The summed E-state index contributed by atoms with van der Waals surface area (Å²) in [5.41, 5.74) is 0.0739. The van der Waals surface area contributed by atoms with Crippen molar-refractivity contribution in [1.29, 1.82) is 0 Å². The topological polar surface area (TPSA) is 112 Å². The van der Waals surface area contributed by atoms with Crippen LogP contribution in [0.2, 0.25) is 0 Å². The Labute approximate surface area is 180 Å². The molecule has 1 atom stereocenters. The van der Waals surface area contributed by atoms with Gasteiger partial charge in [0.2, 0.25) is 0 Å². The first-order valence-corrected chi connectivity index (χ1v) is 10.00. The molecule has 31 heavy (non-hydrogen) atoms. The van der Waals surface area contributed by atoms with Crippen molar-refractivity contribution in [3.8, 4) is 5.75 Å². The molecule has 0 aliphatic heterocycles. The fourth-order valence-electron chi connectivity index (χ4n) is 3.32. The summed E-state index contributed by atoms with van der Waals surface area (Å²) >= 11 is 0.